The molecule has 0 radical (unpaired) electrons. The molecule has 0 bridgehead atoms. The second kappa shape index (κ2) is 15.4. The van der Waals surface area contributed by atoms with E-state index in [0.717, 1.165) is 24.8 Å². The van der Waals surface area contributed by atoms with Crippen molar-refractivity contribution in [3.8, 4) is 6.07 Å². The molecule has 2 aromatic rings. The minimum atomic E-state index is -4.75. The lowest BCUT2D eigenvalue weighted by Gasteiger charge is -2.41. The van der Waals surface area contributed by atoms with Crippen LogP contribution < -0.4 is 25.8 Å². The number of hydrogen-bond donors (Lipinski definition) is 4. The van der Waals surface area contributed by atoms with E-state index in [4.69, 9.17) is 10.4 Å². The van der Waals surface area contributed by atoms with E-state index in [-0.39, 0.29) is 36.5 Å². The van der Waals surface area contributed by atoms with Gasteiger partial charge < -0.3 is 30.9 Å². The molecule has 15 heteroatoms. The number of aromatic nitrogens is 2. The number of piperidine rings is 1. The van der Waals surface area contributed by atoms with Crippen LogP contribution in [0.2, 0.25) is 0 Å². The number of benzene rings is 1. The molecule has 1 atom stereocenters. The Morgan fingerprint density at radius 2 is 1.64 bits per heavy atom. The first-order chi connectivity index (χ1) is 21.5. The summed E-state index contributed by atoms with van der Waals surface area (Å²) in [4.78, 5) is 46.3. The molecule has 0 aliphatic carbocycles. The standard InChI is InChI=1S/C30H37F3N8O4/c31-30(32,33)28-38-24(40-15-9-20(10-16-40)2-1-3-26(42)35-13-14-37-29(44)45)18-25(39-28)41-17-11-23(41)27(43)36-12-8-21-4-6-22(19-34)7-5-21/h4-7,18,20,23,37H,1-3,8-17H2,(H,35,42)(H,36,43)(H,44,45). The van der Waals surface area contributed by atoms with Crippen LogP contribution in [0.25, 0.3) is 0 Å². The number of alkyl halides is 3. The molecule has 12 nitrogen and oxygen atoms in total. The van der Waals surface area contributed by atoms with Crippen LogP contribution in [-0.4, -0.2) is 78.3 Å². The lowest BCUT2D eigenvalue weighted by Crippen LogP contribution is -2.57. The molecule has 1 unspecified atom stereocenters. The number of carboxylic acid groups (broad SMARTS) is 1. The average molecular weight is 631 g/mol. The van der Waals surface area contributed by atoms with Gasteiger partial charge in [-0.05, 0) is 62.1 Å². The second-order valence-electron chi connectivity index (χ2n) is 11.2. The second-order valence-corrected chi connectivity index (χ2v) is 11.2. The minimum absolute atomic E-state index is 0.0671. The van der Waals surface area contributed by atoms with Crippen LogP contribution in [0, 0.1) is 17.2 Å². The quantitative estimate of drug-likeness (QED) is 0.244. The summed E-state index contributed by atoms with van der Waals surface area (Å²) in [5.41, 5.74) is 1.50. The van der Waals surface area contributed by atoms with Crippen molar-refractivity contribution >= 4 is 29.5 Å². The highest BCUT2D eigenvalue weighted by atomic mass is 19.4. The SMILES string of the molecule is N#Cc1ccc(CCNC(=O)C2CCN2c2cc(N3CCC(CCCC(=O)NCCNC(=O)O)CC3)nc(C(F)(F)F)n2)cc1. The monoisotopic (exact) mass is 630 g/mol. The largest absolute Gasteiger partial charge is 0.465 e. The van der Waals surface area contributed by atoms with Crippen LogP contribution in [0.15, 0.2) is 30.3 Å². The highest BCUT2D eigenvalue weighted by Crippen LogP contribution is 2.34. The maximum Gasteiger partial charge on any atom is 0.451 e. The molecule has 0 saturated carbocycles. The molecule has 2 aliphatic rings. The van der Waals surface area contributed by atoms with E-state index in [1.54, 1.807) is 17.0 Å². The molecule has 0 spiro atoms. The Bertz CT molecular complexity index is 1370. The number of halogens is 3. The predicted molar refractivity (Wildman–Crippen MR) is 158 cm³/mol. The van der Waals surface area contributed by atoms with Gasteiger partial charge in [0.15, 0.2) is 0 Å². The highest BCUT2D eigenvalue weighted by Gasteiger charge is 2.40. The first-order valence-electron chi connectivity index (χ1n) is 15.0. The number of nitriles is 1. The predicted octanol–water partition coefficient (Wildman–Crippen LogP) is 3.08. The summed E-state index contributed by atoms with van der Waals surface area (Å²) in [6, 6.07) is 9.98. The zero-order valence-electron chi connectivity index (χ0n) is 24.8. The van der Waals surface area contributed by atoms with Gasteiger partial charge in [-0.25, -0.2) is 14.8 Å². The van der Waals surface area contributed by atoms with E-state index >= 15 is 0 Å². The first-order valence-corrected chi connectivity index (χ1v) is 15.0. The number of hydrogen-bond acceptors (Lipinski definition) is 8. The summed E-state index contributed by atoms with van der Waals surface area (Å²) in [6.45, 7) is 2.10. The van der Waals surface area contributed by atoms with Crippen LogP contribution in [0.4, 0.5) is 29.6 Å². The smallest absolute Gasteiger partial charge is 0.451 e. The number of carbonyl (C=O) groups is 3. The van der Waals surface area contributed by atoms with E-state index in [1.165, 1.54) is 6.07 Å². The minimum Gasteiger partial charge on any atom is -0.465 e. The summed E-state index contributed by atoms with van der Waals surface area (Å²) in [5.74, 6) is -1.12. The van der Waals surface area contributed by atoms with Gasteiger partial charge in [-0.2, -0.15) is 18.4 Å². The van der Waals surface area contributed by atoms with Crippen molar-refractivity contribution in [1.82, 2.24) is 25.9 Å². The fraction of sp³-hybridized carbons (Fsp3) is 0.533. The summed E-state index contributed by atoms with van der Waals surface area (Å²) in [7, 11) is 0. The fourth-order valence-electron chi connectivity index (χ4n) is 5.45. The van der Waals surface area contributed by atoms with Gasteiger partial charge >= 0.3 is 12.3 Å². The van der Waals surface area contributed by atoms with Crippen molar-refractivity contribution in [2.75, 3.05) is 49.1 Å². The van der Waals surface area contributed by atoms with Gasteiger partial charge in [0.1, 0.15) is 17.7 Å². The molecule has 1 aromatic carbocycles. The Morgan fingerprint density at radius 1 is 0.956 bits per heavy atom. The molecule has 2 aliphatic heterocycles. The van der Waals surface area contributed by atoms with Crippen molar-refractivity contribution in [3.63, 3.8) is 0 Å². The van der Waals surface area contributed by atoms with Crippen molar-refractivity contribution in [3.05, 3.63) is 47.3 Å². The number of rotatable bonds is 13. The topological polar surface area (TPSA) is 164 Å². The van der Waals surface area contributed by atoms with Crippen LogP contribution in [0.3, 0.4) is 0 Å². The van der Waals surface area contributed by atoms with E-state index < -0.39 is 24.1 Å². The Morgan fingerprint density at radius 3 is 2.27 bits per heavy atom. The third kappa shape index (κ3) is 9.69. The van der Waals surface area contributed by atoms with Crippen LogP contribution in [-0.2, 0) is 22.2 Å². The summed E-state index contributed by atoms with van der Waals surface area (Å²) in [6.07, 6.45) is -1.62. The van der Waals surface area contributed by atoms with Crippen molar-refractivity contribution in [2.45, 2.75) is 57.2 Å². The van der Waals surface area contributed by atoms with Crippen LogP contribution in [0.5, 0.6) is 0 Å². The Balaban J connectivity index is 1.29. The molecular formula is C30H37F3N8O4. The average Bonchev–Trinajstić information content (AvgIpc) is 2.99. The molecule has 3 amide bonds. The number of amides is 3. The van der Waals surface area contributed by atoms with Gasteiger partial charge in [0.05, 0.1) is 11.6 Å². The maximum atomic E-state index is 13.8. The number of nitrogens with one attached hydrogen (secondary N) is 3. The Kier molecular flexibility index (Phi) is 11.4. The highest BCUT2D eigenvalue weighted by molar-refractivity contribution is 5.86. The molecule has 4 N–H and O–H groups in total. The fourth-order valence-corrected chi connectivity index (χ4v) is 5.45. The van der Waals surface area contributed by atoms with Gasteiger partial charge in [-0.15, -0.1) is 0 Å². The number of carbonyl (C=O) groups excluding carboxylic acids is 2. The maximum absolute atomic E-state index is 13.8. The van der Waals surface area contributed by atoms with Gasteiger partial charge in [-0.1, -0.05) is 12.1 Å². The normalized spacial score (nSPS) is 16.8. The van der Waals surface area contributed by atoms with Crippen molar-refractivity contribution in [1.29, 1.82) is 5.26 Å². The van der Waals surface area contributed by atoms with E-state index in [9.17, 15) is 27.6 Å². The lowest BCUT2D eigenvalue weighted by molar-refractivity contribution is -0.144. The summed E-state index contributed by atoms with van der Waals surface area (Å²) >= 11 is 0. The molecule has 3 heterocycles. The zero-order valence-corrected chi connectivity index (χ0v) is 24.8. The van der Waals surface area contributed by atoms with Crippen LogP contribution >= 0.6 is 0 Å². The molecular weight excluding hydrogens is 593 g/mol. The molecule has 2 fully saturated rings. The molecule has 1 aromatic heterocycles. The van der Waals surface area contributed by atoms with Crippen molar-refractivity contribution in [2.24, 2.45) is 5.92 Å². The van der Waals surface area contributed by atoms with Gasteiger partial charge in [0.25, 0.3) is 0 Å². The van der Waals surface area contributed by atoms with Gasteiger partial charge in [-0.3, -0.25) is 9.59 Å². The van der Waals surface area contributed by atoms with Gasteiger partial charge in [0, 0.05) is 51.8 Å². The summed E-state index contributed by atoms with van der Waals surface area (Å²) in [5, 5.41) is 25.2. The Labute approximate surface area is 259 Å². The zero-order chi connectivity index (χ0) is 32.4. The molecule has 242 valence electrons. The molecule has 45 heavy (non-hydrogen) atoms. The third-order valence-electron chi connectivity index (χ3n) is 8.04. The van der Waals surface area contributed by atoms with Gasteiger partial charge in [0.2, 0.25) is 17.6 Å². The van der Waals surface area contributed by atoms with E-state index in [2.05, 4.69) is 32.0 Å². The number of anilines is 2. The molecule has 2 saturated heterocycles. The molecule has 4 rings (SSSR count). The summed E-state index contributed by atoms with van der Waals surface area (Å²) < 4.78 is 41.4. The lowest BCUT2D eigenvalue weighted by atomic mass is 9.91. The van der Waals surface area contributed by atoms with Crippen LogP contribution in [0.1, 0.15) is 55.5 Å². The number of nitrogens with zero attached hydrogens (tertiary/aromatic N) is 5. The third-order valence-corrected chi connectivity index (χ3v) is 8.04. The van der Waals surface area contributed by atoms with E-state index in [1.807, 2.05) is 17.0 Å². The van der Waals surface area contributed by atoms with Crippen molar-refractivity contribution < 1.29 is 32.7 Å². The first kappa shape index (κ1) is 33.3. The Hall–Kier alpha value is -4.61. The van der Waals surface area contributed by atoms with E-state index in [0.29, 0.717) is 63.3 Å².